The van der Waals surface area contributed by atoms with E-state index in [1.807, 2.05) is 13.8 Å². The van der Waals surface area contributed by atoms with Gasteiger partial charge in [-0.15, -0.1) is 5.10 Å². The van der Waals surface area contributed by atoms with Crippen molar-refractivity contribution in [3.63, 3.8) is 0 Å². The van der Waals surface area contributed by atoms with Crippen LogP contribution in [0.5, 0.6) is 0 Å². The number of rotatable bonds is 14. The molecule has 0 fully saturated rings. The van der Waals surface area contributed by atoms with Crippen LogP contribution in [-0.4, -0.2) is 38.6 Å². The molecule has 1 aliphatic rings. The highest BCUT2D eigenvalue weighted by atomic mass is 19.3. The van der Waals surface area contributed by atoms with Gasteiger partial charge in [-0.3, -0.25) is 9.48 Å². The molecule has 8 heteroatoms. The Morgan fingerprint density at radius 2 is 1.55 bits per heavy atom. The lowest BCUT2D eigenvalue weighted by molar-refractivity contribution is -0.132. The average Bonchev–Trinajstić information content (AvgIpc) is 3.18. The highest BCUT2D eigenvalue weighted by Gasteiger charge is 2.48. The number of amides is 1. The van der Waals surface area contributed by atoms with Crippen LogP contribution in [0.2, 0.25) is 0 Å². The van der Waals surface area contributed by atoms with Crippen LogP contribution in [0, 0.1) is 33.5 Å². The van der Waals surface area contributed by atoms with Crippen molar-refractivity contribution < 1.29 is 18.3 Å². The number of nitrogens with one attached hydrogen (secondary N) is 1. The van der Waals surface area contributed by atoms with Crippen LogP contribution in [0.15, 0.2) is 0 Å². The summed E-state index contributed by atoms with van der Waals surface area (Å²) in [6, 6.07) is 0. The quantitative estimate of drug-likeness (QED) is 0.224. The Morgan fingerprint density at radius 1 is 0.955 bits per heavy atom. The van der Waals surface area contributed by atoms with Crippen LogP contribution < -0.4 is 5.32 Å². The van der Waals surface area contributed by atoms with Crippen molar-refractivity contribution in [2.75, 3.05) is 6.61 Å². The number of nitrogens with zero attached hydrogens (tertiary/aromatic N) is 3. The molecule has 1 heterocycles. The molecule has 0 aliphatic heterocycles. The molecule has 1 aromatic heterocycles. The summed E-state index contributed by atoms with van der Waals surface area (Å²) in [7, 11) is 1.65. The second kappa shape index (κ2) is 13.3. The fourth-order valence-electron chi connectivity index (χ4n) is 6.90. The van der Waals surface area contributed by atoms with E-state index in [-0.39, 0.29) is 51.7 Å². The number of halogens is 2. The lowest BCUT2D eigenvalue weighted by atomic mass is 9.61. The Kier molecular flexibility index (Phi) is 11.6. The second-order valence-corrected chi connectivity index (χ2v) is 18.0. The van der Waals surface area contributed by atoms with Gasteiger partial charge in [-0.1, -0.05) is 80.9 Å². The molecule has 1 aliphatic carbocycles. The van der Waals surface area contributed by atoms with Crippen molar-refractivity contribution in [3.8, 4) is 0 Å². The number of fused-ring (bicyclic) bond motifs is 1. The summed E-state index contributed by atoms with van der Waals surface area (Å²) in [5.41, 5.74) is -0.710. The summed E-state index contributed by atoms with van der Waals surface area (Å²) < 4.78 is 39.3. The summed E-state index contributed by atoms with van der Waals surface area (Å²) in [6.45, 7) is 32.0. The SMILES string of the molecule is CC(C)C(C)(C)CC(C)(C)C(C)(C)OCCC(C)(C)C(C)(C)CC(C)(C)NC(=O)CC1CCCCc2c(nnn2C)C1(F)F. The monoisotopic (exact) mass is 625 g/mol. The van der Waals surface area contributed by atoms with Gasteiger partial charge in [0.15, 0.2) is 5.69 Å². The third-order valence-electron chi connectivity index (χ3n) is 11.9. The summed E-state index contributed by atoms with van der Waals surface area (Å²) in [5, 5.41) is 10.8. The van der Waals surface area contributed by atoms with Crippen LogP contribution in [0.1, 0.15) is 153 Å². The van der Waals surface area contributed by atoms with E-state index in [1.54, 1.807) is 7.05 Å². The van der Waals surface area contributed by atoms with Gasteiger partial charge in [0.05, 0.1) is 11.3 Å². The highest BCUT2D eigenvalue weighted by Crippen LogP contribution is 2.49. The van der Waals surface area contributed by atoms with Crippen LogP contribution in [0.25, 0.3) is 0 Å². The molecule has 1 amide bonds. The van der Waals surface area contributed by atoms with Crippen molar-refractivity contribution in [2.45, 2.75) is 165 Å². The van der Waals surface area contributed by atoms with Crippen LogP contribution >= 0.6 is 0 Å². The van der Waals surface area contributed by atoms with Gasteiger partial charge >= 0.3 is 0 Å². The molecule has 0 saturated carbocycles. The third kappa shape index (κ3) is 9.03. The lowest BCUT2D eigenvalue weighted by Crippen LogP contribution is -2.50. The minimum absolute atomic E-state index is 0.00532. The van der Waals surface area contributed by atoms with Gasteiger partial charge in [-0.25, -0.2) is 0 Å². The molecule has 2 rings (SSSR count). The average molecular weight is 625 g/mol. The van der Waals surface area contributed by atoms with Gasteiger partial charge in [-0.2, -0.15) is 8.78 Å². The normalized spacial score (nSPS) is 19.0. The highest BCUT2D eigenvalue weighted by molar-refractivity contribution is 5.77. The summed E-state index contributed by atoms with van der Waals surface area (Å²) in [5.74, 6) is -4.05. The van der Waals surface area contributed by atoms with E-state index in [9.17, 15) is 4.79 Å². The Hall–Kier alpha value is -1.57. The second-order valence-electron chi connectivity index (χ2n) is 18.0. The zero-order valence-corrected chi connectivity index (χ0v) is 30.9. The molecule has 0 spiro atoms. The summed E-state index contributed by atoms with van der Waals surface area (Å²) >= 11 is 0. The first-order chi connectivity index (χ1) is 19.7. The largest absolute Gasteiger partial charge is 0.375 e. The minimum atomic E-state index is -3.19. The third-order valence-corrected chi connectivity index (χ3v) is 11.9. The lowest BCUT2D eigenvalue weighted by Gasteiger charge is -2.49. The fraction of sp³-hybridized carbons (Fsp3) is 0.917. The van der Waals surface area contributed by atoms with Gasteiger partial charge in [0, 0.05) is 31.5 Å². The van der Waals surface area contributed by atoms with Crippen molar-refractivity contribution in [3.05, 3.63) is 11.4 Å². The topological polar surface area (TPSA) is 69.0 Å². The van der Waals surface area contributed by atoms with Crippen molar-refractivity contribution in [1.82, 2.24) is 20.3 Å². The van der Waals surface area contributed by atoms with Crippen molar-refractivity contribution >= 4 is 5.91 Å². The van der Waals surface area contributed by atoms with Gasteiger partial charge in [0.2, 0.25) is 5.91 Å². The molecule has 1 unspecified atom stereocenters. The number of carbonyl (C=O) groups excluding carboxylic acids is 1. The van der Waals surface area contributed by atoms with E-state index in [0.29, 0.717) is 37.5 Å². The number of aromatic nitrogens is 3. The summed E-state index contributed by atoms with van der Waals surface area (Å²) in [4.78, 5) is 13.3. The fourth-order valence-corrected chi connectivity index (χ4v) is 6.90. The van der Waals surface area contributed by atoms with E-state index in [2.05, 4.69) is 98.7 Å². The molecule has 256 valence electrons. The van der Waals surface area contributed by atoms with Gasteiger partial charge in [0.25, 0.3) is 5.92 Å². The maximum atomic E-state index is 15.6. The predicted molar refractivity (Wildman–Crippen MR) is 177 cm³/mol. The van der Waals surface area contributed by atoms with Crippen molar-refractivity contribution in [1.29, 1.82) is 0 Å². The van der Waals surface area contributed by atoms with Crippen LogP contribution in [0.3, 0.4) is 0 Å². The van der Waals surface area contributed by atoms with Crippen LogP contribution in [0.4, 0.5) is 8.78 Å². The van der Waals surface area contributed by atoms with E-state index >= 15 is 8.78 Å². The first-order valence-corrected chi connectivity index (χ1v) is 16.9. The minimum Gasteiger partial charge on any atom is -0.375 e. The van der Waals surface area contributed by atoms with Gasteiger partial charge in [-0.05, 0) is 93.8 Å². The number of aryl methyl sites for hydroxylation is 1. The van der Waals surface area contributed by atoms with Crippen molar-refractivity contribution in [2.24, 2.45) is 40.5 Å². The first kappa shape index (κ1) is 38.6. The number of carbonyl (C=O) groups is 1. The molecule has 0 aromatic carbocycles. The van der Waals surface area contributed by atoms with Crippen LogP contribution in [-0.2, 0) is 28.9 Å². The Bertz CT molecular complexity index is 1120. The molecule has 44 heavy (non-hydrogen) atoms. The molecular weight excluding hydrogens is 558 g/mol. The molecular formula is C36H66F2N4O2. The first-order valence-electron chi connectivity index (χ1n) is 16.9. The van der Waals surface area contributed by atoms with E-state index < -0.39 is 17.4 Å². The molecule has 0 saturated heterocycles. The van der Waals surface area contributed by atoms with Gasteiger partial charge < -0.3 is 10.1 Å². The van der Waals surface area contributed by atoms with E-state index in [0.717, 1.165) is 19.3 Å². The molecule has 0 bridgehead atoms. The number of alkyl halides is 2. The van der Waals surface area contributed by atoms with E-state index in [4.69, 9.17) is 4.74 Å². The molecule has 1 aromatic rings. The smallest absolute Gasteiger partial charge is 0.296 e. The number of ether oxygens (including phenoxy) is 1. The molecule has 1 N–H and O–H groups in total. The molecule has 0 radical (unpaired) electrons. The number of hydrogen-bond donors (Lipinski definition) is 1. The maximum absolute atomic E-state index is 15.6. The number of hydrogen-bond acceptors (Lipinski definition) is 4. The zero-order valence-electron chi connectivity index (χ0n) is 30.9. The molecule has 1 atom stereocenters. The standard InChI is InChI=1S/C36H66F2N4O2/c1-25(2)30(3,4)23-33(9,10)35(13,14)44-21-20-31(5,6)32(7,8)24-34(11,12)39-28(43)22-26-18-16-17-19-27-29(36(26,37)38)40-41-42(27)15/h25-26H,16-24H2,1-15H3,(H,39,43). The predicted octanol–water partition coefficient (Wildman–Crippen LogP) is 9.26. The zero-order chi connectivity index (χ0) is 34.2. The van der Waals surface area contributed by atoms with E-state index in [1.165, 1.54) is 4.68 Å². The Morgan fingerprint density at radius 3 is 2.11 bits per heavy atom. The van der Waals surface area contributed by atoms with Gasteiger partial charge in [0.1, 0.15) is 0 Å². The summed E-state index contributed by atoms with van der Waals surface area (Å²) in [6.07, 6.45) is 4.65. The molecule has 6 nitrogen and oxygen atoms in total. The Labute approximate surface area is 268 Å². The maximum Gasteiger partial charge on any atom is 0.296 e. The Balaban J connectivity index is 2.04.